The molecule has 1 amide bonds. The third-order valence-corrected chi connectivity index (χ3v) is 2.20. The first-order chi connectivity index (χ1) is 6.84. The number of nitrogens with zero attached hydrogens (tertiary/aromatic N) is 1. The van der Waals surface area contributed by atoms with Gasteiger partial charge in [0, 0.05) is 6.92 Å². The van der Waals surface area contributed by atoms with Crippen molar-refractivity contribution in [3.8, 4) is 0 Å². The van der Waals surface area contributed by atoms with E-state index in [1.54, 1.807) is 13.8 Å². The summed E-state index contributed by atoms with van der Waals surface area (Å²) in [5, 5.41) is 0. The van der Waals surface area contributed by atoms with E-state index < -0.39 is 11.7 Å². The number of carbonyl (C=O) groups excluding carboxylic acids is 2. The second kappa shape index (κ2) is 3.92. The monoisotopic (exact) mass is 213 g/mol. The van der Waals surface area contributed by atoms with Crippen molar-refractivity contribution in [1.29, 1.82) is 0 Å². The Kier molecular flexibility index (Phi) is 3.02. The van der Waals surface area contributed by atoms with Crippen LogP contribution in [0.2, 0.25) is 0 Å². The van der Waals surface area contributed by atoms with Gasteiger partial charge in [0.05, 0.1) is 12.2 Å². The van der Waals surface area contributed by atoms with Crippen molar-refractivity contribution in [2.45, 2.75) is 26.4 Å². The Bertz CT molecular complexity index is 309. The maximum atomic E-state index is 11.4. The first-order valence-electron chi connectivity index (χ1n) is 4.68. The van der Waals surface area contributed by atoms with E-state index in [2.05, 4.69) is 6.58 Å². The molecule has 1 heterocycles. The van der Waals surface area contributed by atoms with Gasteiger partial charge in [-0.3, -0.25) is 9.69 Å². The van der Waals surface area contributed by atoms with Gasteiger partial charge in [0.2, 0.25) is 0 Å². The minimum Gasteiger partial charge on any atom is -0.464 e. The summed E-state index contributed by atoms with van der Waals surface area (Å²) in [6.45, 7) is 9.05. The average Bonchev–Trinajstić information content (AvgIpc) is 2.26. The number of hydrogen-bond donors (Lipinski definition) is 0. The van der Waals surface area contributed by atoms with Crippen molar-refractivity contribution in [3.63, 3.8) is 0 Å². The maximum Gasteiger partial charge on any atom is 0.415 e. The fourth-order valence-corrected chi connectivity index (χ4v) is 1.27. The Balaban J connectivity index is 2.52. The van der Waals surface area contributed by atoms with Gasteiger partial charge in [-0.15, -0.1) is 0 Å². The molecule has 0 atom stereocenters. The zero-order valence-corrected chi connectivity index (χ0v) is 9.20. The van der Waals surface area contributed by atoms with Gasteiger partial charge in [0.25, 0.3) is 0 Å². The molecule has 0 aromatic carbocycles. The van der Waals surface area contributed by atoms with Crippen LogP contribution in [-0.4, -0.2) is 35.7 Å². The van der Waals surface area contributed by atoms with Crippen molar-refractivity contribution in [2.75, 3.05) is 13.2 Å². The van der Waals surface area contributed by atoms with Gasteiger partial charge >= 0.3 is 12.1 Å². The van der Waals surface area contributed by atoms with Gasteiger partial charge in [-0.2, -0.15) is 0 Å². The molecule has 0 bridgehead atoms. The molecule has 1 aliphatic rings. The van der Waals surface area contributed by atoms with Crippen molar-refractivity contribution in [1.82, 2.24) is 4.90 Å². The fraction of sp³-hybridized carbons (Fsp3) is 0.600. The zero-order valence-electron chi connectivity index (χ0n) is 9.20. The molecular formula is C10H15NO4. The first-order valence-corrected chi connectivity index (χ1v) is 4.68. The van der Waals surface area contributed by atoms with E-state index in [9.17, 15) is 9.59 Å². The van der Waals surface area contributed by atoms with Crippen LogP contribution in [0, 0.1) is 0 Å². The summed E-state index contributed by atoms with van der Waals surface area (Å²) in [6, 6.07) is 0. The fourth-order valence-electron chi connectivity index (χ4n) is 1.27. The second-order valence-corrected chi connectivity index (χ2v) is 3.82. The van der Waals surface area contributed by atoms with Crippen molar-refractivity contribution >= 4 is 12.1 Å². The summed E-state index contributed by atoms with van der Waals surface area (Å²) >= 11 is 0. The minimum absolute atomic E-state index is 0.152. The lowest BCUT2D eigenvalue weighted by molar-refractivity contribution is -0.141. The van der Waals surface area contributed by atoms with Crippen LogP contribution in [0.15, 0.2) is 12.3 Å². The Morgan fingerprint density at radius 3 is 2.60 bits per heavy atom. The van der Waals surface area contributed by atoms with Crippen LogP contribution in [0.5, 0.6) is 0 Å². The number of esters is 1. The predicted octanol–water partition coefficient (Wildman–Crippen LogP) is 1.29. The van der Waals surface area contributed by atoms with Gasteiger partial charge in [-0.1, -0.05) is 6.58 Å². The number of ether oxygens (including phenoxy) is 2. The molecule has 5 nitrogen and oxygen atoms in total. The van der Waals surface area contributed by atoms with E-state index in [-0.39, 0.29) is 19.1 Å². The molecule has 1 rings (SSSR count). The van der Waals surface area contributed by atoms with Crippen LogP contribution in [-0.2, 0) is 14.3 Å². The van der Waals surface area contributed by atoms with E-state index in [4.69, 9.17) is 9.47 Å². The largest absolute Gasteiger partial charge is 0.464 e. The zero-order chi connectivity index (χ0) is 11.6. The second-order valence-electron chi connectivity index (χ2n) is 3.82. The molecule has 15 heavy (non-hydrogen) atoms. The number of rotatable bonds is 3. The summed E-state index contributed by atoms with van der Waals surface area (Å²) < 4.78 is 9.82. The molecule has 5 heteroatoms. The average molecular weight is 213 g/mol. The smallest absolute Gasteiger partial charge is 0.415 e. The lowest BCUT2D eigenvalue weighted by Crippen LogP contribution is -2.29. The SMILES string of the molecule is C=C1N(CCOC(C)=O)C(=O)OC1(C)C. The molecule has 1 saturated heterocycles. The highest BCUT2D eigenvalue weighted by Crippen LogP contribution is 2.30. The highest BCUT2D eigenvalue weighted by Gasteiger charge is 2.41. The Hall–Kier alpha value is -1.52. The summed E-state index contributed by atoms with van der Waals surface area (Å²) in [4.78, 5) is 23.3. The molecule has 0 spiro atoms. The summed E-state index contributed by atoms with van der Waals surface area (Å²) in [6.07, 6.45) is -0.447. The molecule has 84 valence electrons. The lowest BCUT2D eigenvalue weighted by Gasteiger charge is -2.18. The van der Waals surface area contributed by atoms with E-state index in [1.165, 1.54) is 11.8 Å². The minimum atomic E-state index is -0.673. The van der Waals surface area contributed by atoms with Gasteiger partial charge in [-0.05, 0) is 13.8 Å². The van der Waals surface area contributed by atoms with Crippen LogP contribution < -0.4 is 0 Å². The van der Waals surface area contributed by atoms with Gasteiger partial charge in [0.1, 0.15) is 12.2 Å². The normalized spacial score (nSPS) is 19.0. The predicted molar refractivity (Wildman–Crippen MR) is 53.0 cm³/mol. The first kappa shape index (κ1) is 11.6. The van der Waals surface area contributed by atoms with E-state index in [1.807, 2.05) is 0 Å². The van der Waals surface area contributed by atoms with E-state index in [0.29, 0.717) is 5.70 Å². The van der Waals surface area contributed by atoms with Crippen molar-refractivity contribution in [3.05, 3.63) is 12.3 Å². The quantitative estimate of drug-likeness (QED) is 0.663. The molecule has 0 aliphatic carbocycles. The highest BCUT2D eigenvalue weighted by molar-refractivity contribution is 5.74. The highest BCUT2D eigenvalue weighted by atomic mass is 16.6. The topological polar surface area (TPSA) is 55.8 Å². The summed E-state index contributed by atoms with van der Waals surface area (Å²) in [5.41, 5.74) is -0.0903. The van der Waals surface area contributed by atoms with Crippen LogP contribution in [0.3, 0.4) is 0 Å². The van der Waals surface area contributed by atoms with Gasteiger partial charge < -0.3 is 9.47 Å². The number of amides is 1. The Morgan fingerprint density at radius 2 is 2.20 bits per heavy atom. The van der Waals surface area contributed by atoms with Gasteiger partial charge in [-0.25, -0.2) is 4.79 Å². The Labute approximate surface area is 88.6 Å². The van der Waals surface area contributed by atoms with Crippen LogP contribution >= 0.6 is 0 Å². The van der Waals surface area contributed by atoms with E-state index in [0.717, 1.165) is 0 Å². The molecule has 1 aliphatic heterocycles. The maximum absolute atomic E-state index is 11.4. The molecule has 0 N–H and O–H groups in total. The molecule has 0 saturated carbocycles. The third-order valence-electron chi connectivity index (χ3n) is 2.20. The number of carbonyl (C=O) groups is 2. The standard InChI is InChI=1S/C10H15NO4/c1-7-10(3,4)15-9(13)11(7)5-6-14-8(2)12/h1,5-6H2,2-4H3. The molecule has 0 radical (unpaired) electrons. The van der Waals surface area contributed by atoms with E-state index >= 15 is 0 Å². The molecule has 1 fully saturated rings. The molecule has 0 unspecified atom stereocenters. The molecule has 0 aromatic rings. The molecule has 0 aromatic heterocycles. The number of hydrogen-bond acceptors (Lipinski definition) is 4. The molecular weight excluding hydrogens is 198 g/mol. The van der Waals surface area contributed by atoms with Gasteiger partial charge in [0.15, 0.2) is 0 Å². The Morgan fingerprint density at radius 1 is 1.60 bits per heavy atom. The van der Waals surface area contributed by atoms with Crippen LogP contribution in [0.25, 0.3) is 0 Å². The lowest BCUT2D eigenvalue weighted by atomic mass is 10.1. The van der Waals surface area contributed by atoms with Crippen molar-refractivity contribution in [2.24, 2.45) is 0 Å². The third kappa shape index (κ3) is 2.49. The van der Waals surface area contributed by atoms with Crippen molar-refractivity contribution < 1.29 is 19.1 Å². The summed E-state index contributed by atoms with van der Waals surface area (Å²) in [7, 11) is 0. The van der Waals surface area contributed by atoms with Crippen LogP contribution in [0.1, 0.15) is 20.8 Å². The summed E-state index contributed by atoms with van der Waals surface area (Å²) in [5.74, 6) is -0.368. The van der Waals surface area contributed by atoms with Crippen LogP contribution in [0.4, 0.5) is 4.79 Å². The number of cyclic esters (lactones) is 1.